The number of carbonyl (C=O) groups is 1. The van der Waals surface area contributed by atoms with Crippen molar-refractivity contribution in [2.45, 2.75) is 57.7 Å². The Morgan fingerprint density at radius 2 is 1.77 bits per heavy atom. The zero-order valence-corrected chi connectivity index (χ0v) is 23.1. The second-order valence-corrected chi connectivity index (χ2v) is 11.1. The summed E-state index contributed by atoms with van der Waals surface area (Å²) in [6.45, 7) is 1.97. The Morgan fingerprint density at radius 3 is 2.60 bits per heavy atom. The molecule has 0 spiro atoms. The Hall–Kier alpha value is -3.90. The van der Waals surface area contributed by atoms with Gasteiger partial charge in [0.25, 0.3) is 0 Å². The van der Waals surface area contributed by atoms with Crippen LogP contribution in [-0.4, -0.2) is 35.5 Å². The third kappa shape index (κ3) is 6.13. The fourth-order valence-corrected chi connectivity index (χ4v) is 6.27. The zero-order valence-electron chi connectivity index (χ0n) is 23.1. The molecule has 3 aromatic carbocycles. The van der Waals surface area contributed by atoms with Crippen molar-refractivity contribution in [3.05, 3.63) is 95.7 Å². The number of esters is 1. The van der Waals surface area contributed by atoms with E-state index in [1.807, 2.05) is 30.5 Å². The van der Waals surface area contributed by atoms with E-state index in [2.05, 4.69) is 63.7 Å². The number of methoxy groups -OCH3 is 1. The Balaban J connectivity index is 1.11. The molecule has 0 atom stereocenters. The van der Waals surface area contributed by atoms with Crippen LogP contribution in [0.5, 0.6) is 11.5 Å². The molecule has 6 heteroatoms. The molecule has 0 radical (unpaired) electrons. The number of nitrogens with zero attached hydrogens (tertiary/aromatic N) is 2. The summed E-state index contributed by atoms with van der Waals surface area (Å²) in [5, 5.41) is 4.35. The van der Waals surface area contributed by atoms with Crippen molar-refractivity contribution in [3.8, 4) is 11.5 Å². The molecule has 0 unspecified atom stereocenters. The summed E-state index contributed by atoms with van der Waals surface area (Å²) in [6, 6.07) is 25.8. The van der Waals surface area contributed by atoms with E-state index in [1.165, 1.54) is 54.2 Å². The highest BCUT2D eigenvalue weighted by Crippen LogP contribution is 2.34. The normalized spacial score (nSPS) is 18.7. The lowest BCUT2D eigenvalue weighted by Crippen LogP contribution is -2.37. The van der Waals surface area contributed by atoms with Gasteiger partial charge in [-0.25, -0.2) is 4.79 Å². The maximum Gasteiger partial charge on any atom is 0.330 e. The number of hydrogen-bond donors (Lipinski definition) is 1. The van der Waals surface area contributed by atoms with Gasteiger partial charge >= 0.3 is 5.97 Å². The minimum atomic E-state index is -0.233. The Kier molecular flexibility index (Phi) is 7.96. The first-order valence-electron chi connectivity index (χ1n) is 14.4. The zero-order chi connectivity index (χ0) is 27.3. The molecule has 0 amide bonds. The Morgan fingerprint density at radius 1 is 0.950 bits per heavy atom. The summed E-state index contributed by atoms with van der Waals surface area (Å²) in [4.78, 5) is 19.0. The lowest BCUT2D eigenvalue weighted by atomic mass is 9.81. The number of benzene rings is 3. The Labute approximate surface area is 236 Å². The van der Waals surface area contributed by atoms with E-state index in [4.69, 9.17) is 9.47 Å². The minimum Gasteiger partial charge on any atom is -0.497 e. The number of nitrogens with one attached hydrogen (secondary N) is 1. The second-order valence-electron chi connectivity index (χ2n) is 11.1. The fraction of sp³-hybridized carbons (Fsp3) is 0.353. The van der Waals surface area contributed by atoms with Gasteiger partial charge in [0.15, 0.2) is 5.75 Å². The van der Waals surface area contributed by atoms with Crippen LogP contribution in [0.2, 0.25) is 0 Å². The average molecular weight is 536 g/mol. The van der Waals surface area contributed by atoms with Crippen LogP contribution in [0.4, 0.5) is 5.69 Å². The summed E-state index contributed by atoms with van der Waals surface area (Å²) >= 11 is 0. The summed E-state index contributed by atoms with van der Waals surface area (Å²) < 4.78 is 11.0. The quantitative estimate of drug-likeness (QED) is 0.189. The van der Waals surface area contributed by atoms with Crippen molar-refractivity contribution < 1.29 is 14.3 Å². The molecule has 40 heavy (non-hydrogen) atoms. The summed E-state index contributed by atoms with van der Waals surface area (Å²) in [5.41, 5.74) is 5.79. The monoisotopic (exact) mass is 535 g/mol. The van der Waals surface area contributed by atoms with E-state index in [0.29, 0.717) is 11.8 Å². The van der Waals surface area contributed by atoms with Crippen molar-refractivity contribution in [1.29, 1.82) is 0 Å². The average Bonchev–Trinajstić information content (AvgIpc) is 3.00. The fourth-order valence-electron chi connectivity index (χ4n) is 6.27. The largest absolute Gasteiger partial charge is 0.497 e. The lowest BCUT2D eigenvalue weighted by molar-refractivity contribution is -0.132. The SMILES string of the molecule is COc1ccc2nccc(CCC3CCC(N(Cc4ccccc4)Cc4ccc5c(c4)OC(=O)CN5)CC3)c2c1. The highest BCUT2D eigenvalue weighted by atomic mass is 16.5. The number of aromatic nitrogens is 1. The maximum absolute atomic E-state index is 11.8. The molecule has 206 valence electrons. The molecular weight excluding hydrogens is 498 g/mol. The van der Waals surface area contributed by atoms with Crippen molar-refractivity contribution in [3.63, 3.8) is 0 Å². The van der Waals surface area contributed by atoms with Gasteiger partial charge in [-0.15, -0.1) is 0 Å². The van der Waals surface area contributed by atoms with E-state index in [0.717, 1.165) is 42.4 Å². The van der Waals surface area contributed by atoms with Gasteiger partial charge in [-0.3, -0.25) is 9.88 Å². The number of ether oxygens (including phenoxy) is 2. The maximum atomic E-state index is 11.8. The van der Waals surface area contributed by atoms with Crippen LogP contribution in [0, 0.1) is 5.92 Å². The highest BCUT2D eigenvalue weighted by molar-refractivity contribution is 5.84. The lowest BCUT2D eigenvalue weighted by Gasteiger charge is -2.37. The predicted molar refractivity (Wildman–Crippen MR) is 159 cm³/mol. The molecule has 6 nitrogen and oxygen atoms in total. The van der Waals surface area contributed by atoms with E-state index >= 15 is 0 Å². The predicted octanol–water partition coefficient (Wildman–Crippen LogP) is 6.77. The molecular formula is C34H37N3O3. The van der Waals surface area contributed by atoms with E-state index < -0.39 is 0 Å². The molecule has 1 aromatic heterocycles. The van der Waals surface area contributed by atoms with Crippen molar-refractivity contribution in [2.24, 2.45) is 5.92 Å². The van der Waals surface area contributed by atoms with Gasteiger partial charge in [0.2, 0.25) is 0 Å². The first-order chi connectivity index (χ1) is 19.6. The van der Waals surface area contributed by atoms with Crippen LogP contribution in [-0.2, 0) is 24.3 Å². The molecule has 2 heterocycles. The van der Waals surface area contributed by atoms with Gasteiger partial charge in [-0.05, 0) is 97.5 Å². The van der Waals surface area contributed by atoms with Crippen molar-refractivity contribution in [1.82, 2.24) is 9.88 Å². The molecule has 1 aliphatic heterocycles. The first-order valence-corrected chi connectivity index (χ1v) is 14.4. The van der Waals surface area contributed by atoms with Crippen molar-refractivity contribution >= 4 is 22.6 Å². The number of pyridine rings is 1. The van der Waals surface area contributed by atoms with E-state index in [-0.39, 0.29) is 12.5 Å². The molecule has 2 aliphatic rings. The number of fused-ring (bicyclic) bond motifs is 2. The van der Waals surface area contributed by atoms with Gasteiger partial charge in [0.1, 0.15) is 12.3 Å². The Bertz CT molecular complexity index is 1460. The molecule has 1 saturated carbocycles. The van der Waals surface area contributed by atoms with Crippen molar-refractivity contribution in [2.75, 3.05) is 19.0 Å². The topological polar surface area (TPSA) is 63.7 Å². The van der Waals surface area contributed by atoms with Gasteiger partial charge in [0.05, 0.1) is 18.3 Å². The summed E-state index contributed by atoms with van der Waals surface area (Å²) in [5.74, 6) is 2.02. The van der Waals surface area contributed by atoms with Crippen LogP contribution < -0.4 is 14.8 Å². The summed E-state index contributed by atoms with van der Waals surface area (Å²) in [7, 11) is 1.72. The van der Waals surface area contributed by atoms with Gasteiger partial charge in [-0.2, -0.15) is 0 Å². The third-order valence-corrected chi connectivity index (χ3v) is 8.50. The second kappa shape index (κ2) is 12.1. The number of hydrogen-bond acceptors (Lipinski definition) is 6. The molecule has 4 aromatic rings. The number of rotatable bonds is 9. The highest BCUT2D eigenvalue weighted by Gasteiger charge is 2.27. The molecule has 0 bridgehead atoms. The molecule has 1 N–H and O–H groups in total. The number of anilines is 1. The number of carbonyl (C=O) groups excluding carboxylic acids is 1. The third-order valence-electron chi connectivity index (χ3n) is 8.50. The number of aryl methyl sites for hydroxylation is 1. The van der Waals surface area contributed by atoms with Crippen LogP contribution in [0.3, 0.4) is 0 Å². The van der Waals surface area contributed by atoms with Crippen LogP contribution in [0.1, 0.15) is 48.8 Å². The smallest absolute Gasteiger partial charge is 0.330 e. The van der Waals surface area contributed by atoms with Gasteiger partial charge in [0, 0.05) is 30.7 Å². The minimum absolute atomic E-state index is 0.224. The standard InChI is InChI=1S/C34H37N3O3/c1-39-29-14-16-31-30(20-29)27(17-18-35-31)11-7-24-8-12-28(13-9-24)37(22-25-5-3-2-4-6-25)23-26-10-15-32-33(19-26)40-34(38)21-36-32/h2-6,10,14-20,24,28,36H,7-9,11-13,21-23H2,1H3. The molecule has 0 saturated heterocycles. The molecule has 1 fully saturated rings. The van der Waals surface area contributed by atoms with Crippen LogP contribution >= 0.6 is 0 Å². The molecule has 6 rings (SSSR count). The van der Waals surface area contributed by atoms with Crippen LogP contribution in [0.15, 0.2) is 79.0 Å². The first kappa shape index (κ1) is 26.3. The van der Waals surface area contributed by atoms with Crippen LogP contribution in [0.25, 0.3) is 10.9 Å². The van der Waals surface area contributed by atoms with E-state index in [1.54, 1.807) is 7.11 Å². The van der Waals surface area contributed by atoms with Gasteiger partial charge in [-0.1, -0.05) is 36.4 Å². The van der Waals surface area contributed by atoms with E-state index in [9.17, 15) is 4.79 Å². The molecule has 1 aliphatic carbocycles. The summed E-state index contributed by atoms with van der Waals surface area (Å²) in [6.07, 6.45) is 9.08. The van der Waals surface area contributed by atoms with Gasteiger partial charge < -0.3 is 14.8 Å².